The molecule has 0 saturated carbocycles. The largest absolute Gasteiger partial charge is 0.491 e. The van der Waals surface area contributed by atoms with Gasteiger partial charge in [0.2, 0.25) is 11.8 Å². The lowest BCUT2D eigenvalue weighted by molar-refractivity contribution is -0.139. The first-order valence-corrected chi connectivity index (χ1v) is 10.5. The molecule has 0 bridgehead atoms. The summed E-state index contributed by atoms with van der Waals surface area (Å²) in [6, 6.07) is 7.34. The molecule has 0 aliphatic heterocycles. The molecule has 0 amide bonds. The van der Waals surface area contributed by atoms with E-state index < -0.39 is 17.6 Å². The van der Waals surface area contributed by atoms with Gasteiger partial charge in [0.15, 0.2) is 0 Å². The summed E-state index contributed by atoms with van der Waals surface area (Å²) >= 11 is 0. The van der Waals surface area contributed by atoms with Crippen molar-refractivity contribution in [3.63, 3.8) is 0 Å². The van der Waals surface area contributed by atoms with Crippen molar-refractivity contribution >= 4 is 11.6 Å². The molecule has 1 heterocycles. The molecule has 1 aromatic carbocycles. The zero-order valence-electron chi connectivity index (χ0n) is 17.8. The average molecular weight is 425 g/mol. The summed E-state index contributed by atoms with van der Waals surface area (Å²) in [6.07, 6.45) is 0.680. The molecular formula is C22H30F3N3O2. The zero-order chi connectivity index (χ0) is 22.0. The maximum Gasteiger partial charge on any atom is 0.423 e. The van der Waals surface area contributed by atoms with Crippen LogP contribution < -0.4 is 14.4 Å². The Hall–Kier alpha value is -2.51. The van der Waals surface area contributed by atoms with Crippen molar-refractivity contribution in [1.29, 1.82) is 0 Å². The van der Waals surface area contributed by atoms with Gasteiger partial charge >= 0.3 is 6.18 Å². The molecule has 2 aromatic rings. The molecule has 0 atom stereocenters. The minimum absolute atomic E-state index is 0.140. The first kappa shape index (κ1) is 23.8. The minimum Gasteiger partial charge on any atom is -0.491 e. The molecule has 0 unspecified atom stereocenters. The van der Waals surface area contributed by atoms with E-state index in [1.165, 1.54) is 0 Å². The molecule has 0 N–H and O–H groups in total. The number of para-hydroxylation sites is 2. The molecule has 0 radical (unpaired) electrons. The number of alkyl halides is 3. The van der Waals surface area contributed by atoms with Crippen molar-refractivity contribution in [2.75, 3.05) is 24.7 Å². The van der Waals surface area contributed by atoms with E-state index >= 15 is 0 Å². The Balaban J connectivity index is 2.34. The lowest BCUT2D eigenvalue weighted by atomic mass is 10.2. The van der Waals surface area contributed by atoms with Gasteiger partial charge in [-0.1, -0.05) is 45.2 Å². The number of benzene rings is 1. The quantitative estimate of drug-likeness (QED) is 0.368. The van der Waals surface area contributed by atoms with Gasteiger partial charge in [-0.25, -0.2) is 4.98 Å². The SMILES string of the molecule is CCCCCCOc1nc(N(CC)c2ccccc2OCCC)ncc1C(F)(F)F. The number of ether oxygens (including phenoxy) is 2. The smallest absolute Gasteiger partial charge is 0.423 e. The first-order chi connectivity index (χ1) is 14.4. The van der Waals surface area contributed by atoms with Crippen molar-refractivity contribution in [1.82, 2.24) is 9.97 Å². The molecule has 0 saturated heterocycles. The van der Waals surface area contributed by atoms with E-state index in [2.05, 4.69) is 16.9 Å². The molecule has 0 aliphatic carbocycles. The summed E-state index contributed by atoms with van der Waals surface area (Å²) in [6.45, 7) is 7.12. The van der Waals surface area contributed by atoms with Crippen molar-refractivity contribution in [3.8, 4) is 11.6 Å². The number of hydrogen-bond acceptors (Lipinski definition) is 5. The van der Waals surface area contributed by atoms with Crippen LogP contribution in [0.2, 0.25) is 0 Å². The van der Waals surface area contributed by atoms with E-state index in [1.807, 2.05) is 38.1 Å². The van der Waals surface area contributed by atoms with Crippen LogP contribution in [0.4, 0.5) is 24.8 Å². The molecule has 8 heteroatoms. The van der Waals surface area contributed by atoms with Crippen molar-refractivity contribution in [2.45, 2.75) is 59.1 Å². The third-order valence-corrected chi connectivity index (χ3v) is 4.46. The van der Waals surface area contributed by atoms with Crippen molar-refractivity contribution in [2.24, 2.45) is 0 Å². The Morgan fingerprint density at radius 3 is 2.37 bits per heavy atom. The zero-order valence-corrected chi connectivity index (χ0v) is 17.8. The monoisotopic (exact) mass is 425 g/mol. The lowest BCUT2D eigenvalue weighted by Gasteiger charge is -2.24. The van der Waals surface area contributed by atoms with Crippen LogP contribution in [0.3, 0.4) is 0 Å². The second-order valence-electron chi connectivity index (χ2n) is 6.86. The molecule has 0 fully saturated rings. The maximum atomic E-state index is 13.4. The predicted molar refractivity (Wildman–Crippen MR) is 112 cm³/mol. The molecule has 2 rings (SSSR count). The normalized spacial score (nSPS) is 11.4. The summed E-state index contributed by atoms with van der Waals surface area (Å²) in [7, 11) is 0. The molecule has 166 valence electrons. The molecule has 0 aliphatic rings. The van der Waals surface area contributed by atoms with E-state index in [1.54, 1.807) is 4.90 Å². The van der Waals surface area contributed by atoms with Crippen LogP contribution in [0, 0.1) is 0 Å². The summed E-state index contributed by atoms with van der Waals surface area (Å²) < 4.78 is 51.5. The van der Waals surface area contributed by atoms with Crippen LogP contribution in [0.1, 0.15) is 58.4 Å². The van der Waals surface area contributed by atoms with Gasteiger partial charge in [0.05, 0.1) is 18.9 Å². The van der Waals surface area contributed by atoms with Crippen LogP contribution in [0.15, 0.2) is 30.5 Å². The molecule has 5 nitrogen and oxygen atoms in total. The van der Waals surface area contributed by atoms with Crippen LogP contribution in [0.25, 0.3) is 0 Å². The molecule has 0 spiro atoms. The third kappa shape index (κ3) is 6.50. The second-order valence-corrected chi connectivity index (χ2v) is 6.86. The van der Waals surface area contributed by atoms with Crippen molar-refractivity contribution in [3.05, 3.63) is 36.0 Å². The number of unbranched alkanes of at least 4 members (excludes halogenated alkanes) is 3. The van der Waals surface area contributed by atoms with Gasteiger partial charge in [-0.05, 0) is 31.9 Å². The number of nitrogens with zero attached hydrogens (tertiary/aromatic N) is 3. The van der Waals surface area contributed by atoms with Gasteiger partial charge in [-0.15, -0.1) is 0 Å². The van der Waals surface area contributed by atoms with Gasteiger partial charge in [0, 0.05) is 12.7 Å². The van der Waals surface area contributed by atoms with Crippen LogP contribution >= 0.6 is 0 Å². The van der Waals surface area contributed by atoms with Crippen LogP contribution in [-0.2, 0) is 6.18 Å². The Kier molecular flexibility index (Phi) is 9.20. The van der Waals surface area contributed by atoms with Gasteiger partial charge in [0.1, 0.15) is 11.3 Å². The average Bonchev–Trinajstić information content (AvgIpc) is 2.73. The Morgan fingerprint density at radius 2 is 1.70 bits per heavy atom. The van der Waals surface area contributed by atoms with E-state index in [-0.39, 0.29) is 12.6 Å². The molecule has 1 aromatic heterocycles. The highest BCUT2D eigenvalue weighted by Crippen LogP contribution is 2.37. The Morgan fingerprint density at radius 1 is 0.933 bits per heavy atom. The topological polar surface area (TPSA) is 47.5 Å². The maximum absolute atomic E-state index is 13.4. The van der Waals surface area contributed by atoms with Gasteiger partial charge in [0.25, 0.3) is 0 Å². The first-order valence-electron chi connectivity index (χ1n) is 10.5. The van der Waals surface area contributed by atoms with Crippen LogP contribution in [0.5, 0.6) is 11.6 Å². The highest BCUT2D eigenvalue weighted by molar-refractivity contribution is 5.65. The van der Waals surface area contributed by atoms with E-state index in [0.717, 1.165) is 31.9 Å². The van der Waals surface area contributed by atoms with E-state index in [0.29, 0.717) is 31.0 Å². The fourth-order valence-electron chi connectivity index (χ4n) is 2.92. The number of rotatable bonds is 12. The number of halogens is 3. The number of hydrogen-bond donors (Lipinski definition) is 0. The minimum atomic E-state index is -4.59. The number of anilines is 2. The fraction of sp³-hybridized carbons (Fsp3) is 0.545. The Bertz CT molecular complexity index is 784. The Labute approximate surface area is 176 Å². The number of aromatic nitrogens is 2. The van der Waals surface area contributed by atoms with Crippen molar-refractivity contribution < 1.29 is 22.6 Å². The van der Waals surface area contributed by atoms with Gasteiger partial charge in [-0.2, -0.15) is 18.2 Å². The van der Waals surface area contributed by atoms with Crippen LogP contribution in [-0.4, -0.2) is 29.7 Å². The fourth-order valence-corrected chi connectivity index (χ4v) is 2.92. The highest BCUT2D eigenvalue weighted by atomic mass is 19.4. The third-order valence-electron chi connectivity index (χ3n) is 4.46. The summed E-state index contributed by atoms with van der Waals surface area (Å²) in [4.78, 5) is 9.85. The van der Waals surface area contributed by atoms with E-state index in [4.69, 9.17) is 9.47 Å². The molecule has 30 heavy (non-hydrogen) atoms. The summed E-state index contributed by atoms with van der Waals surface area (Å²) in [5, 5.41) is 0. The standard InChI is InChI=1S/C22H30F3N3O2/c1-4-7-8-11-15-30-20-17(22(23,24)25)16-26-21(27-20)28(6-3)18-12-9-10-13-19(18)29-14-5-2/h9-10,12-13,16H,4-8,11,14-15H2,1-3H3. The van der Waals surface area contributed by atoms with Gasteiger partial charge < -0.3 is 14.4 Å². The summed E-state index contributed by atoms with van der Waals surface area (Å²) in [5.74, 6) is 0.336. The second kappa shape index (κ2) is 11.6. The predicted octanol–water partition coefficient (Wildman–Crippen LogP) is 6.40. The summed E-state index contributed by atoms with van der Waals surface area (Å²) in [5.41, 5.74) is -0.268. The van der Waals surface area contributed by atoms with E-state index in [9.17, 15) is 13.2 Å². The molecular weight excluding hydrogens is 395 g/mol. The highest BCUT2D eigenvalue weighted by Gasteiger charge is 2.36. The lowest BCUT2D eigenvalue weighted by Crippen LogP contribution is -2.21. The van der Waals surface area contributed by atoms with Gasteiger partial charge in [-0.3, -0.25) is 0 Å².